The van der Waals surface area contributed by atoms with E-state index in [9.17, 15) is 0 Å². The number of nitrogens with two attached hydrogens (primary N) is 1. The molecule has 0 atom stereocenters. The molecule has 0 radical (unpaired) electrons. The van der Waals surface area contributed by atoms with E-state index in [1.807, 2.05) is 6.07 Å². The smallest absolute Gasteiger partial charge is 0.0362 e. The fourth-order valence-electron chi connectivity index (χ4n) is 2.68. The Morgan fingerprint density at radius 2 is 2.06 bits per heavy atom. The van der Waals surface area contributed by atoms with Crippen LogP contribution in [0.25, 0.3) is 0 Å². The van der Waals surface area contributed by atoms with Gasteiger partial charge in [-0.3, -0.25) is 4.90 Å². The van der Waals surface area contributed by atoms with E-state index in [1.165, 1.54) is 11.1 Å². The molecule has 0 spiro atoms. The van der Waals surface area contributed by atoms with Gasteiger partial charge in [-0.2, -0.15) is 0 Å². The van der Waals surface area contributed by atoms with Gasteiger partial charge < -0.3 is 10.6 Å². The third-order valence-corrected chi connectivity index (χ3v) is 4.02. The highest BCUT2D eigenvalue weighted by Gasteiger charge is 2.17. The number of anilines is 1. The average molecular weight is 247 g/mol. The number of fused-ring (bicyclic) bond motifs is 1. The van der Waals surface area contributed by atoms with Crippen LogP contribution in [0.3, 0.4) is 0 Å². The lowest BCUT2D eigenvalue weighted by atomic mass is 9.98. The second kappa shape index (κ2) is 6.21. The molecule has 1 aromatic carbocycles. The molecule has 0 aliphatic carbocycles. The topological polar surface area (TPSA) is 32.5 Å². The summed E-state index contributed by atoms with van der Waals surface area (Å²) in [7, 11) is 0. The summed E-state index contributed by atoms with van der Waals surface area (Å²) in [4.78, 5) is 5.00. The molecule has 1 aromatic rings. The van der Waals surface area contributed by atoms with Gasteiger partial charge in [0, 0.05) is 31.9 Å². The predicted octanol–water partition coefficient (Wildman–Crippen LogP) is 1.97. The van der Waals surface area contributed by atoms with Crippen molar-refractivity contribution in [1.82, 2.24) is 9.80 Å². The highest BCUT2D eigenvalue weighted by Crippen LogP contribution is 2.23. The summed E-state index contributed by atoms with van der Waals surface area (Å²) in [6, 6.07) is 6.31. The molecule has 0 saturated heterocycles. The Morgan fingerprint density at radius 1 is 1.28 bits per heavy atom. The number of rotatable bonds is 5. The molecule has 0 saturated carbocycles. The summed E-state index contributed by atoms with van der Waals surface area (Å²) in [6.45, 7) is 11.2. The average Bonchev–Trinajstić information content (AvgIpc) is 2.41. The summed E-state index contributed by atoms with van der Waals surface area (Å²) >= 11 is 0. The first-order chi connectivity index (χ1) is 8.74. The highest BCUT2D eigenvalue weighted by molar-refractivity contribution is 5.51. The van der Waals surface area contributed by atoms with Crippen LogP contribution in [0, 0.1) is 0 Å². The van der Waals surface area contributed by atoms with Gasteiger partial charge >= 0.3 is 0 Å². The summed E-state index contributed by atoms with van der Waals surface area (Å²) in [5, 5.41) is 0. The van der Waals surface area contributed by atoms with Crippen molar-refractivity contribution in [2.45, 2.75) is 26.8 Å². The number of likely N-dealkylation sites (N-methyl/N-ethyl adjacent to an activating group) is 1. The monoisotopic (exact) mass is 247 g/mol. The second-order valence-electron chi connectivity index (χ2n) is 5.04. The quantitative estimate of drug-likeness (QED) is 0.807. The zero-order valence-corrected chi connectivity index (χ0v) is 11.7. The van der Waals surface area contributed by atoms with E-state index < -0.39 is 0 Å². The van der Waals surface area contributed by atoms with Gasteiger partial charge in [0.2, 0.25) is 0 Å². The van der Waals surface area contributed by atoms with Crippen LogP contribution in [0.4, 0.5) is 5.69 Å². The zero-order valence-electron chi connectivity index (χ0n) is 11.7. The van der Waals surface area contributed by atoms with E-state index in [1.54, 1.807) is 0 Å². The van der Waals surface area contributed by atoms with Crippen molar-refractivity contribution >= 4 is 5.69 Å². The van der Waals surface area contributed by atoms with E-state index >= 15 is 0 Å². The maximum Gasteiger partial charge on any atom is 0.0362 e. The zero-order chi connectivity index (χ0) is 13.0. The van der Waals surface area contributed by atoms with Crippen LogP contribution in [-0.2, 0) is 13.0 Å². The molecule has 0 fully saturated rings. The van der Waals surface area contributed by atoms with E-state index in [0.717, 1.165) is 51.4 Å². The molecule has 1 aliphatic heterocycles. The van der Waals surface area contributed by atoms with Crippen LogP contribution in [0.2, 0.25) is 0 Å². The first-order valence-electron chi connectivity index (χ1n) is 7.05. The lowest BCUT2D eigenvalue weighted by Crippen LogP contribution is -2.38. The second-order valence-corrected chi connectivity index (χ2v) is 5.04. The van der Waals surface area contributed by atoms with Crippen molar-refractivity contribution in [3.05, 3.63) is 29.3 Å². The summed E-state index contributed by atoms with van der Waals surface area (Å²) in [5.41, 5.74) is 9.82. The molecule has 2 N–H and O–H groups in total. The summed E-state index contributed by atoms with van der Waals surface area (Å²) in [5.74, 6) is 0. The van der Waals surface area contributed by atoms with E-state index in [2.05, 4.69) is 35.8 Å². The maximum atomic E-state index is 6.07. The third kappa shape index (κ3) is 3.03. The number of hydrogen-bond donors (Lipinski definition) is 1. The lowest BCUT2D eigenvalue weighted by molar-refractivity contribution is 0.202. The molecule has 0 bridgehead atoms. The van der Waals surface area contributed by atoms with E-state index in [-0.39, 0.29) is 0 Å². The molecule has 0 amide bonds. The molecule has 2 rings (SSSR count). The van der Waals surface area contributed by atoms with Crippen LogP contribution >= 0.6 is 0 Å². The van der Waals surface area contributed by atoms with Crippen molar-refractivity contribution in [2.75, 3.05) is 38.5 Å². The Balaban J connectivity index is 1.93. The van der Waals surface area contributed by atoms with Gasteiger partial charge in [0.25, 0.3) is 0 Å². The normalized spacial score (nSPS) is 15.9. The molecule has 18 heavy (non-hydrogen) atoms. The number of benzene rings is 1. The van der Waals surface area contributed by atoms with Crippen molar-refractivity contribution in [2.24, 2.45) is 0 Å². The van der Waals surface area contributed by atoms with Gasteiger partial charge in [0.15, 0.2) is 0 Å². The standard InChI is InChI=1S/C15H25N3/c1-3-17(4-2)10-11-18-9-8-13-6-5-7-15(16)14(13)12-18/h5-7H,3-4,8-12,16H2,1-2H3. The van der Waals surface area contributed by atoms with Crippen LogP contribution in [0.15, 0.2) is 18.2 Å². The molecule has 0 unspecified atom stereocenters. The Morgan fingerprint density at radius 3 is 2.78 bits per heavy atom. The van der Waals surface area contributed by atoms with Crippen molar-refractivity contribution in [3.63, 3.8) is 0 Å². The maximum absolute atomic E-state index is 6.07. The van der Waals surface area contributed by atoms with E-state index in [4.69, 9.17) is 5.73 Å². The number of hydrogen-bond acceptors (Lipinski definition) is 3. The van der Waals surface area contributed by atoms with Crippen LogP contribution in [0.1, 0.15) is 25.0 Å². The van der Waals surface area contributed by atoms with Crippen LogP contribution < -0.4 is 5.73 Å². The van der Waals surface area contributed by atoms with Gasteiger partial charge in [-0.25, -0.2) is 0 Å². The highest BCUT2D eigenvalue weighted by atomic mass is 15.2. The number of nitrogen functional groups attached to an aromatic ring is 1. The van der Waals surface area contributed by atoms with Gasteiger partial charge in [0.1, 0.15) is 0 Å². The van der Waals surface area contributed by atoms with Crippen LogP contribution in [0.5, 0.6) is 0 Å². The minimum atomic E-state index is 0.958. The molecule has 1 aliphatic rings. The lowest BCUT2D eigenvalue weighted by Gasteiger charge is -2.31. The molecular weight excluding hydrogens is 222 g/mol. The molecule has 3 heteroatoms. The van der Waals surface area contributed by atoms with Gasteiger partial charge in [-0.15, -0.1) is 0 Å². The first-order valence-corrected chi connectivity index (χ1v) is 7.05. The van der Waals surface area contributed by atoms with Gasteiger partial charge in [0.05, 0.1) is 0 Å². The number of nitrogens with zero attached hydrogens (tertiary/aromatic N) is 2. The SMILES string of the molecule is CCN(CC)CCN1CCc2cccc(N)c2C1. The Labute approximate surface area is 111 Å². The van der Waals surface area contributed by atoms with E-state index in [0.29, 0.717) is 0 Å². The minimum absolute atomic E-state index is 0.958. The summed E-state index contributed by atoms with van der Waals surface area (Å²) < 4.78 is 0. The third-order valence-electron chi connectivity index (χ3n) is 4.02. The minimum Gasteiger partial charge on any atom is -0.398 e. The fourth-order valence-corrected chi connectivity index (χ4v) is 2.68. The van der Waals surface area contributed by atoms with Crippen molar-refractivity contribution < 1.29 is 0 Å². The molecule has 1 heterocycles. The molecular formula is C15H25N3. The largest absolute Gasteiger partial charge is 0.398 e. The van der Waals surface area contributed by atoms with Crippen molar-refractivity contribution in [3.8, 4) is 0 Å². The first kappa shape index (κ1) is 13.4. The Kier molecular flexibility index (Phi) is 4.61. The van der Waals surface area contributed by atoms with Gasteiger partial charge in [-0.1, -0.05) is 26.0 Å². The van der Waals surface area contributed by atoms with Crippen molar-refractivity contribution in [1.29, 1.82) is 0 Å². The fraction of sp³-hybridized carbons (Fsp3) is 0.600. The summed E-state index contributed by atoms with van der Waals surface area (Å²) in [6.07, 6.45) is 1.14. The predicted molar refractivity (Wildman–Crippen MR) is 77.6 cm³/mol. The Bertz CT molecular complexity index is 385. The molecule has 0 aromatic heterocycles. The molecule has 3 nitrogen and oxygen atoms in total. The van der Waals surface area contributed by atoms with Crippen LogP contribution in [-0.4, -0.2) is 42.5 Å². The Hall–Kier alpha value is -1.06. The van der Waals surface area contributed by atoms with Gasteiger partial charge in [-0.05, 0) is 36.7 Å². The molecule has 100 valence electrons.